The molecule has 2 N–H and O–H groups in total. The molecule has 0 unspecified atom stereocenters. The Morgan fingerprint density at radius 1 is 1.54 bits per heavy atom. The van der Waals surface area contributed by atoms with Crippen LogP contribution in [0, 0.1) is 6.92 Å². The van der Waals surface area contributed by atoms with Crippen molar-refractivity contribution in [2.75, 3.05) is 5.73 Å². The number of hydrogen-bond acceptors (Lipinski definition) is 3. The lowest BCUT2D eigenvalue weighted by Gasteiger charge is -1.96. The molecule has 3 nitrogen and oxygen atoms in total. The SMILES string of the molecule is Cc1cc(C=P)cc2c(N)noc12. The number of nitrogens with two attached hydrogens (primary N) is 1. The first-order valence-electron chi connectivity index (χ1n) is 3.88. The Labute approximate surface area is 77.7 Å². The number of anilines is 1. The van der Waals surface area contributed by atoms with Crippen molar-refractivity contribution >= 4 is 31.4 Å². The molecule has 2 rings (SSSR count). The molecule has 0 saturated heterocycles. The van der Waals surface area contributed by atoms with Crippen LogP contribution >= 0.6 is 8.86 Å². The third kappa shape index (κ3) is 1.21. The van der Waals surface area contributed by atoms with Crippen molar-refractivity contribution in [2.24, 2.45) is 0 Å². The molecule has 0 spiro atoms. The van der Waals surface area contributed by atoms with Crippen molar-refractivity contribution in [1.82, 2.24) is 5.16 Å². The molecular formula is C9H9N2OP. The Balaban J connectivity index is 2.87. The number of aryl methyl sites for hydroxylation is 1. The first-order chi connectivity index (χ1) is 6.22. The molecule has 0 aliphatic heterocycles. The Morgan fingerprint density at radius 3 is 3.00 bits per heavy atom. The van der Waals surface area contributed by atoms with Crippen LogP contribution in [0.15, 0.2) is 16.7 Å². The van der Waals surface area contributed by atoms with E-state index in [9.17, 15) is 0 Å². The zero-order valence-corrected chi connectivity index (χ0v) is 8.16. The Morgan fingerprint density at radius 2 is 2.31 bits per heavy atom. The van der Waals surface area contributed by atoms with E-state index in [4.69, 9.17) is 10.3 Å². The Bertz CT molecular complexity index is 476. The van der Waals surface area contributed by atoms with E-state index < -0.39 is 0 Å². The lowest BCUT2D eigenvalue weighted by atomic mass is 10.1. The Hall–Kier alpha value is -1.34. The van der Waals surface area contributed by atoms with Crippen LogP contribution in [0.1, 0.15) is 11.1 Å². The van der Waals surface area contributed by atoms with E-state index in [-0.39, 0.29) is 0 Å². The second-order valence-corrected chi connectivity index (χ2v) is 3.22. The van der Waals surface area contributed by atoms with Crippen LogP contribution in [0.4, 0.5) is 5.82 Å². The van der Waals surface area contributed by atoms with Gasteiger partial charge in [0.1, 0.15) is 0 Å². The molecule has 1 heterocycles. The maximum absolute atomic E-state index is 5.63. The topological polar surface area (TPSA) is 52.0 Å². The molecule has 0 aliphatic rings. The van der Waals surface area contributed by atoms with E-state index in [2.05, 4.69) is 14.0 Å². The highest BCUT2D eigenvalue weighted by Crippen LogP contribution is 2.24. The molecule has 4 heteroatoms. The summed E-state index contributed by atoms with van der Waals surface area (Å²) in [6.45, 7) is 1.96. The fraction of sp³-hybridized carbons (Fsp3) is 0.111. The number of nitrogen functional groups attached to an aromatic ring is 1. The van der Waals surface area contributed by atoms with Gasteiger partial charge in [-0.2, -0.15) is 0 Å². The minimum Gasteiger partial charge on any atom is -0.380 e. The summed E-state index contributed by atoms with van der Waals surface area (Å²) in [5, 5.41) is 4.57. The van der Waals surface area contributed by atoms with Gasteiger partial charge in [0.15, 0.2) is 11.4 Å². The van der Waals surface area contributed by atoms with Gasteiger partial charge in [0.2, 0.25) is 0 Å². The molecule has 1 aromatic heterocycles. The van der Waals surface area contributed by atoms with Crippen molar-refractivity contribution in [3.63, 3.8) is 0 Å². The summed E-state index contributed by atoms with van der Waals surface area (Å²) in [6.07, 6.45) is 0. The van der Waals surface area contributed by atoms with Gasteiger partial charge in [0.25, 0.3) is 0 Å². The number of rotatable bonds is 1. The first-order valence-corrected chi connectivity index (χ1v) is 4.46. The number of hydrogen-bond donors (Lipinski definition) is 1. The molecule has 13 heavy (non-hydrogen) atoms. The third-order valence-electron chi connectivity index (χ3n) is 1.97. The lowest BCUT2D eigenvalue weighted by Crippen LogP contribution is -1.86. The summed E-state index contributed by atoms with van der Waals surface area (Å²) >= 11 is 0. The van der Waals surface area contributed by atoms with E-state index in [1.807, 2.05) is 24.9 Å². The number of benzene rings is 1. The molecule has 2 aromatic rings. The minimum atomic E-state index is 0.438. The van der Waals surface area contributed by atoms with Gasteiger partial charge in [-0.15, -0.1) is 8.86 Å². The summed E-state index contributed by atoms with van der Waals surface area (Å²) in [4.78, 5) is 0. The third-order valence-corrected chi connectivity index (χ3v) is 2.31. The quantitative estimate of drug-likeness (QED) is 0.703. The van der Waals surface area contributed by atoms with E-state index in [0.717, 1.165) is 22.1 Å². The van der Waals surface area contributed by atoms with Crippen LogP contribution in [0.5, 0.6) is 0 Å². The summed E-state index contributed by atoms with van der Waals surface area (Å²) in [5.74, 6) is 2.27. The van der Waals surface area contributed by atoms with Crippen molar-refractivity contribution in [2.45, 2.75) is 6.92 Å². The van der Waals surface area contributed by atoms with Crippen LogP contribution in [-0.2, 0) is 0 Å². The van der Waals surface area contributed by atoms with Gasteiger partial charge in [-0.1, -0.05) is 5.16 Å². The second-order valence-electron chi connectivity index (χ2n) is 2.93. The molecule has 0 bridgehead atoms. The molecule has 0 fully saturated rings. The molecule has 1 aromatic carbocycles. The highest BCUT2D eigenvalue weighted by molar-refractivity contribution is 7.19. The van der Waals surface area contributed by atoms with Gasteiger partial charge in [0.05, 0.1) is 5.39 Å². The van der Waals surface area contributed by atoms with E-state index in [0.29, 0.717) is 5.82 Å². The molecular weight excluding hydrogens is 183 g/mol. The highest BCUT2D eigenvalue weighted by atomic mass is 31.0. The van der Waals surface area contributed by atoms with Crippen LogP contribution in [0.25, 0.3) is 11.0 Å². The zero-order chi connectivity index (χ0) is 9.42. The smallest absolute Gasteiger partial charge is 0.174 e. The van der Waals surface area contributed by atoms with Gasteiger partial charge < -0.3 is 10.3 Å². The van der Waals surface area contributed by atoms with Crippen molar-refractivity contribution in [3.8, 4) is 0 Å². The predicted molar refractivity (Wildman–Crippen MR) is 56.6 cm³/mol. The van der Waals surface area contributed by atoms with Crippen LogP contribution in [-0.4, -0.2) is 11.0 Å². The average Bonchev–Trinajstić information content (AvgIpc) is 2.48. The van der Waals surface area contributed by atoms with Gasteiger partial charge >= 0.3 is 0 Å². The maximum atomic E-state index is 5.63. The molecule has 0 aliphatic carbocycles. The van der Waals surface area contributed by atoms with E-state index in [1.54, 1.807) is 0 Å². The number of nitrogens with zero attached hydrogens (tertiary/aromatic N) is 1. The molecule has 0 radical (unpaired) electrons. The lowest BCUT2D eigenvalue weighted by molar-refractivity contribution is 0.459. The molecule has 0 saturated carbocycles. The normalized spacial score (nSPS) is 10.5. The molecule has 0 amide bonds. The van der Waals surface area contributed by atoms with Gasteiger partial charge in [-0.05, 0) is 36.0 Å². The summed E-state index contributed by atoms with van der Waals surface area (Å²) < 4.78 is 5.07. The standard InChI is InChI=1S/C9H9N2OP/c1-5-2-6(4-13)3-7-8(5)12-11-9(7)10/h2-4,13H,1H3,(H2,10,11). The predicted octanol–water partition coefficient (Wildman–Crippen LogP) is 2.01. The average molecular weight is 192 g/mol. The maximum Gasteiger partial charge on any atom is 0.174 e. The fourth-order valence-corrected chi connectivity index (χ4v) is 1.51. The summed E-state index contributed by atoms with van der Waals surface area (Å²) in [7, 11) is 3.32. The van der Waals surface area contributed by atoms with Gasteiger partial charge in [-0.3, -0.25) is 0 Å². The fourth-order valence-electron chi connectivity index (χ4n) is 1.34. The van der Waals surface area contributed by atoms with E-state index in [1.165, 1.54) is 0 Å². The van der Waals surface area contributed by atoms with Gasteiger partial charge in [-0.25, -0.2) is 0 Å². The molecule has 0 atom stereocenters. The number of aromatic nitrogens is 1. The van der Waals surface area contributed by atoms with Gasteiger partial charge in [0, 0.05) is 0 Å². The molecule has 66 valence electrons. The monoisotopic (exact) mass is 192 g/mol. The Kier molecular flexibility index (Phi) is 1.82. The number of fused-ring (bicyclic) bond motifs is 1. The van der Waals surface area contributed by atoms with Crippen LogP contribution in [0.2, 0.25) is 0 Å². The van der Waals surface area contributed by atoms with E-state index >= 15 is 0 Å². The zero-order valence-electron chi connectivity index (χ0n) is 7.16. The second kappa shape index (κ2) is 2.86. The van der Waals surface area contributed by atoms with Crippen molar-refractivity contribution in [3.05, 3.63) is 23.3 Å². The summed E-state index contributed by atoms with van der Waals surface area (Å²) in [5.41, 5.74) is 8.48. The highest BCUT2D eigenvalue weighted by Gasteiger charge is 2.07. The van der Waals surface area contributed by atoms with Crippen molar-refractivity contribution in [1.29, 1.82) is 0 Å². The van der Waals surface area contributed by atoms with Crippen LogP contribution < -0.4 is 5.73 Å². The minimum absolute atomic E-state index is 0.438. The first kappa shape index (κ1) is 8.27. The largest absolute Gasteiger partial charge is 0.380 e. The van der Waals surface area contributed by atoms with Crippen LogP contribution in [0.3, 0.4) is 0 Å². The van der Waals surface area contributed by atoms with Crippen molar-refractivity contribution < 1.29 is 4.52 Å². The summed E-state index contributed by atoms with van der Waals surface area (Å²) in [6, 6.07) is 3.93.